The molecular formula is C12H18S. The summed E-state index contributed by atoms with van der Waals surface area (Å²) in [6.45, 7) is 6.73. The van der Waals surface area contributed by atoms with E-state index in [-0.39, 0.29) is 5.41 Å². The Morgan fingerprint density at radius 2 is 1.92 bits per heavy atom. The Kier molecular flexibility index (Phi) is 3.43. The van der Waals surface area contributed by atoms with Gasteiger partial charge in [-0.2, -0.15) is 12.6 Å². The lowest BCUT2D eigenvalue weighted by Gasteiger charge is -2.19. The van der Waals surface area contributed by atoms with Gasteiger partial charge < -0.3 is 0 Å². The van der Waals surface area contributed by atoms with Crippen LogP contribution < -0.4 is 0 Å². The predicted octanol–water partition coefficient (Wildman–Crippen LogP) is 3.46. The van der Waals surface area contributed by atoms with Crippen molar-refractivity contribution in [3.8, 4) is 0 Å². The SMILES string of the molecule is CC(C)(C)c1cccc(CCS)c1. The topological polar surface area (TPSA) is 0 Å². The molecule has 0 fully saturated rings. The Morgan fingerprint density at radius 3 is 2.46 bits per heavy atom. The van der Waals surface area contributed by atoms with Crippen molar-refractivity contribution >= 4 is 12.6 Å². The molecule has 1 aromatic rings. The van der Waals surface area contributed by atoms with E-state index >= 15 is 0 Å². The first-order valence-electron chi connectivity index (χ1n) is 4.74. The maximum Gasteiger partial charge on any atom is -0.00574 e. The van der Waals surface area contributed by atoms with E-state index in [4.69, 9.17) is 0 Å². The van der Waals surface area contributed by atoms with Crippen LogP contribution in [-0.2, 0) is 11.8 Å². The van der Waals surface area contributed by atoms with Gasteiger partial charge in [-0.3, -0.25) is 0 Å². The summed E-state index contributed by atoms with van der Waals surface area (Å²) in [5.41, 5.74) is 3.06. The maximum absolute atomic E-state index is 4.24. The molecule has 0 aromatic heterocycles. The molecule has 0 radical (unpaired) electrons. The first-order valence-corrected chi connectivity index (χ1v) is 5.37. The first kappa shape index (κ1) is 10.6. The summed E-state index contributed by atoms with van der Waals surface area (Å²) < 4.78 is 0. The van der Waals surface area contributed by atoms with Gasteiger partial charge in [-0.15, -0.1) is 0 Å². The number of rotatable bonds is 2. The minimum atomic E-state index is 0.257. The summed E-state index contributed by atoms with van der Waals surface area (Å²) in [5, 5.41) is 0. The second kappa shape index (κ2) is 4.19. The molecular weight excluding hydrogens is 176 g/mol. The number of hydrogen-bond donors (Lipinski definition) is 1. The van der Waals surface area contributed by atoms with Crippen LogP contribution >= 0.6 is 12.6 Å². The van der Waals surface area contributed by atoms with Crippen LogP contribution in [0.25, 0.3) is 0 Å². The van der Waals surface area contributed by atoms with Gasteiger partial charge in [-0.25, -0.2) is 0 Å². The van der Waals surface area contributed by atoms with Crippen molar-refractivity contribution in [2.24, 2.45) is 0 Å². The Morgan fingerprint density at radius 1 is 1.23 bits per heavy atom. The van der Waals surface area contributed by atoms with Gasteiger partial charge in [-0.05, 0) is 28.7 Å². The van der Waals surface area contributed by atoms with Crippen LogP contribution in [0.2, 0.25) is 0 Å². The minimum Gasteiger partial charge on any atom is -0.179 e. The third-order valence-corrected chi connectivity index (χ3v) is 2.42. The van der Waals surface area contributed by atoms with Crippen LogP contribution in [0.4, 0.5) is 0 Å². The van der Waals surface area contributed by atoms with Gasteiger partial charge >= 0.3 is 0 Å². The zero-order valence-electron chi connectivity index (χ0n) is 8.67. The van der Waals surface area contributed by atoms with Gasteiger partial charge in [0.05, 0.1) is 0 Å². The lowest BCUT2D eigenvalue weighted by Crippen LogP contribution is -2.11. The van der Waals surface area contributed by atoms with Crippen LogP contribution in [0.15, 0.2) is 24.3 Å². The van der Waals surface area contributed by atoms with E-state index in [0.29, 0.717) is 0 Å². The Balaban J connectivity index is 2.92. The highest BCUT2D eigenvalue weighted by atomic mass is 32.1. The summed E-state index contributed by atoms with van der Waals surface area (Å²) in [6.07, 6.45) is 1.06. The Bertz CT molecular complexity index is 271. The number of thiol groups is 1. The fourth-order valence-electron chi connectivity index (χ4n) is 1.32. The predicted molar refractivity (Wildman–Crippen MR) is 62.7 cm³/mol. The van der Waals surface area contributed by atoms with E-state index in [1.165, 1.54) is 11.1 Å². The maximum atomic E-state index is 4.24. The summed E-state index contributed by atoms with van der Waals surface area (Å²) in [4.78, 5) is 0. The van der Waals surface area contributed by atoms with Gasteiger partial charge in [0.2, 0.25) is 0 Å². The molecule has 0 spiro atoms. The average Bonchev–Trinajstić information content (AvgIpc) is 2.04. The summed E-state index contributed by atoms with van der Waals surface area (Å²) in [5.74, 6) is 0.924. The highest BCUT2D eigenvalue weighted by molar-refractivity contribution is 7.80. The lowest BCUT2D eigenvalue weighted by atomic mass is 9.86. The fourth-order valence-corrected chi connectivity index (χ4v) is 1.58. The highest BCUT2D eigenvalue weighted by Crippen LogP contribution is 2.22. The zero-order chi connectivity index (χ0) is 9.90. The van der Waals surface area contributed by atoms with Gasteiger partial charge in [0.1, 0.15) is 0 Å². The first-order chi connectivity index (χ1) is 6.04. The van der Waals surface area contributed by atoms with Crippen molar-refractivity contribution in [1.82, 2.24) is 0 Å². The Labute approximate surface area is 86.8 Å². The molecule has 0 bridgehead atoms. The molecule has 0 amide bonds. The van der Waals surface area contributed by atoms with Crippen LogP contribution in [0.3, 0.4) is 0 Å². The molecule has 0 heterocycles. The molecule has 0 unspecified atom stereocenters. The van der Waals surface area contributed by atoms with Crippen molar-refractivity contribution in [2.45, 2.75) is 32.6 Å². The molecule has 0 nitrogen and oxygen atoms in total. The molecule has 1 heteroatoms. The van der Waals surface area contributed by atoms with Crippen molar-refractivity contribution in [3.63, 3.8) is 0 Å². The standard InChI is InChI=1S/C12H18S/c1-12(2,3)11-6-4-5-10(9-11)7-8-13/h4-6,9,13H,7-8H2,1-3H3. The van der Waals surface area contributed by atoms with E-state index in [9.17, 15) is 0 Å². The second-order valence-corrected chi connectivity index (χ2v) is 4.87. The number of aryl methyl sites for hydroxylation is 1. The molecule has 1 aromatic carbocycles. The van der Waals surface area contributed by atoms with Gasteiger partial charge in [0.25, 0.3) is 0 Å². The molecule has 0 atom stereocenters. The van der Waals surface area contributed by atoms with E-state index in [1.807, 2.05) is 0 Å². The largest absolute Gasteiger partial charge is 0.179 e. The summed E-state index contributed by atoms with van der Waals surface area (Å²) in [7, 11) is 0. The van der Waals surface area contributed by atoms with Gasteiger partial charge in [0.15, 0.2) is 0 Å². The molecule has 0 aliphatic rings. The quantitative estimate of drug-likeness (QED) is 0.685. The molecule has 72 valence electrons. The normalized spacial score (nSPS) is 11.7. The van der Waals surface area contributed by atoms with Crippen molar-refractivity contribution in [1.29, 1.82) is 0 Å². The smallest absolute Gasteiger partial charge is 0.00574 e. The third kappa shape index (κ3) is 3.07. The van der Waals surface area contributed by atoms with Gasteiger partial charge in [-0.1, -0.05) is 45.0 Å². The third-order valence-electron chi connectivity index (χ3n) is 2.19. The van der Waals surface area contributed by atoms with Crippen molar-refractivity contribution < 1.29 is 0 Å². The Hall–Kier alpha value is -0.430. The molecule has 0 saturated heterocycles. The summed E-state index contributed by atoms with van der Waals surface area (Å²) >= 11 is 4.24. The number of benzene rings is 1. The van der Waals surface area contributed by atoms with Crippen molar-refractivity contribution in [3.05, 3.63) is 35.4 Å². The second-order valence-electron chi connectivity index (χ2n) is 4.42. The van der Waals surface area contributed by atoms with Crippen LogP contribution in [0.1, 0.15) is 31.9 Å². The molecule has 1 rings (SSSR count). The highest BCUT2D eigenvalue weighted by Gasteiger charge is 2.12. The molecule has 0 aliphatic heterocycles. The van der Waals surface area contributed by atoms with Crippen LogP contribution in [0, 0.1) is 0 Å². The van der Waals surface area contributed by atoms with Crippen LogP contribution in [-0.4, -0.2) is 5.75 Å². The monoisotopic (exact) mass is 194 g/mol. The fraction of sp³-hybridized carbons (Fsp3) is 0.500. The van der Waals surface area contributed by atoms with E-state index in [0.717, 1.165) is 12.2 Å². The lowest BCUT2D eigenvalue weighted by molar-refractivity contribution is 0.589. The van der Waals surface area contributed by atoms with E-state index < -0.39 is 0 Å². The molecule has 0 N–H and O–H groups in total. The van der Waals surface area contributed by atoms with E-state index in [2.05, 4.69) is 57.7 Å². The molecule has 13 heavy (non-hydrogen) atoms. The summed E-state index contributed by atoms with van der Waals surface area (Å²) in [6, 6.07) is 8.79. The molecule has 0 aliphatic carbocycles. The van der Waals surface area contributed by atoms with Crippen LogP contribution in [0.5, 0.6) is 0 Å². The average molecular weight is 194 g/mol. The van der Waals surface area contributed by atoms with E-state index in [1.54, 1.807) is 0 Å². The minimum absolute atomic E-state index is 0.257. The number of hydrogen-bond acceptors (Lipinski definition) is 1. The van der Waals surface area contributed by atoms with Gasteiger partial charge in [0, 0.05) is 0 Å². The van der Waals surface area contributed by atoms with Crippen molar-refractivity contribution in [2.75, 3.05) is 5.75 Å². The molecule has 0 saturated carbocycles. The zero-order valence-corrected chi connectivity index (χ0v) is 9.57.